The first-order chi connectivity index (χ1) is 30.6. The van der Waals surface area contributed by atoms with Crippen LogP contribution in [0.25, 0.3) is 16.5 Å². The maximum absolute atomic E-state index is 12.1. The second kappa shape index (κ2) is 20.2. The first-order valence-electron chi connectivity index (χ1n) is 17.9. The highest BCUT2D eigenvalue weighted by molar-refractivity contribution is 7.94. The van der Waals surface area contributed by atoms with E-state index in [0.29, 0.717) is 17.4 Å². The minimum atomic E-state index is -4.78. The van der Waals surface area contributed by atoms with E-state index in [-0.39, 0.29) is 91.1 Å². The van der Waals surface area contributed by atoms with E-state index in [1.54, 1.807) is 6.92 Å². The Morgan fingerprint density at radius 1 is 0.719 bits per heavy atom. The molecule has 27 heteroatoms. The monoisotopic (exact) mass is 942 g/mol. The number of phenols is 1. The molecule has 0 aliphatic rings. The van der Waals surface area contributed by atoms with Gasteiger partial charge in [-0.25, -0.2) is 5.26 Å². The molecule has 0 spiro atoms. The summed E-state index contributed by atoms with van der Waals surface area (Å²) in [6.07, 6.45) is 0. The normalized spacial score (nSPS) is 12.3. The van der Waals surface area contributed by atoms with Crippen molar-refractivity contribution in [2.45, 2.75) is 21.6 Å². The molecule has 6 rings (SSSR count). The summed E-state index contributed by atoms with van der Waals surface area (Å²) >= 11 is 0.428. The molecule has 6 aromatic rings. The number of azo groups is 3. The predicted octanol–water partition coefficient (Wildman–Crippen LogP) is 7.66. The predicted molar refractivity (Wildman–Crippen MR) is 223 cm³/mol. The Labute approximate surface area is 365 Å². The van der Waals surface area contributed by atoms with Crippen molar-refractivity contribution in [1.82, 2.24) is 9.78 Å². The number of phenolic OH excluding ortho intramolecular Hbond substituents is 1. The average molecular weight is 943 g/mol. The highest BCUT2D eigenvalue weighted by atomic mass is 32.2. The van der Waals surface area contributed by atoms with Crippen LogP contribution in [0.5, 0.6) is 28.9 Å². The fraction of sp³-hybridized carbons (Fsp3) is 0.162. The van der Waals surface area contributed by atoms with E-state index < -0.39 is 50.0 Å². The summed E-state index contributed by atoms with van der Waals surface area (Å²) in [6, 6.07) is 17.1. The van der Waals surface area contributed by atoms with Gasteiger partial charge in [-0.1, -0.05) is 5.04 Å². The number of rotatable bonds is 19. The van der Waals surface area contributed by atoms with Gasteiger partial charge in [-0.15, -0.1) is 29.9 Å². The Balaban J connectivity index is 1.38. The third-order valence-electron chi connectivity index (χ3n) is 8.54. The minimum Gasteiger partial charge on any atom is -0.505 e. The third-order valence-corrected chi connectivity index (χ3v) is 10.9. The number of hydrogen-bond donors (Lipinski definition) is 7. The van der Waals surface area contributed by atoms with Gasteiger partial charge in [0.1, 0.15) is 58.1 Å². The van der Waals surface area contributed by atoms with E-state index in [1.165, 1.54) is 67.8 Å². The zero-order valence-corrected chi connectivity index (χ0v) is 35.4. The van der Waals surface area contributed by atoms with Crippen LogP contribution in [0.2, 0.25) is 0 Å². The van der Waals surface area contributed by atoms with Gasteiger partial charge in [-0.3, -0.25) is 9.11 Å². The Morgan fingerprint density at radius 2 is 1.34 bits per heavy atom. The van der Waals surface area contributed by atoms with E-state index >= 15 is 0 Å². The quantitative estimate of drug-likeness (QED) is 0.0135. The van der Waals surface area contributed by atoms with Crippen molar-refractivity contribution in [2.24, 2.45) is 30.7 Å². The fourth-order valence-electron chi connectivity index (χ4n) is 5.64. The molecule has 5 aromatic carbocycles. The van der Waals surface area contributed by atoms with Crippen molar-refractivity contribution in [3.05, 3.63) is 84.6 Å². The van der Waals surface area contributed by atoms with E-state index in [9.17, 15) is 46.4 Å². The van der Waals surface area contributed by atoms with Gasteiger partial charge in [0, 0.05) is 23.6 Å². The molecular formula is C37H34N8O16S3. The van der Waals surface area contributed by atoms with Crippen LogP contribution < -0.4 is 14.2 Å². The van der Waals surface area contributed by atoms with Gasteiger partial charge < -0.3 is 34.6 Å². The zero-order valence-electron chi connectivity index (χ0n) is 32.9. The molecule has 1 heterocycles. The van der Waals surface area contributed by atoms with Crippen LogP contribution in [-0.4, -0.2) is 94.9 Å². The van der Waals surface area contributed by atoms with E-state index in [4.69, 9.17) is 19.5 Å². The van der Waals surface area contributed by atoms with Crippen molar-refractivity contribution < 1.29 is 75.2 Å². The standard InChI is InChI=1S/C37H34N8O16S3/c1-20-34(42-38-22-3-7-25(8-4-22)63(51,52)53)37(49)45(44-20)23-5-9-26-21(15-23)16-32(62-61-60-50)35(36(26)48)43-41-29-19-30(58-13-11-46)28(18-31(29)59-14-12-47)40-39-27-10-6-24(57-2)17-33(27)64(54,55)56/h3-10,15-19,46-50H,11-14H2,1-2H3,(H,51,52,53)(H,54,55,56)/b40-39+,42-38+,43-41+. The Morgan fingerprint density at radius 3 is 1.94 bits per heavy atom. The first kappa shape index (κ1) is 46.8. The molecule has 24 nitrogen and oxygen atoms in total. The summed E-state index contributed by atoms with van der Waals surface area (Å²) in [6.45, 7) is 0.175. The van der Waals surface area contributed by atoms with Crippen molar-refractivity contribution in [3.8, 4) is 34.6 Å². The molecule has 7 N–H and O–H groups in total. The van der Waals surface area contributed by atoms with Gasteiger partial charge in [0.15, 0.2) is 11.4 Å². The molecule has 0 fully saturated rings. The molecule has 0 bridgehead atoms. The van der Waals surface area contributed by atoms with Crippen LogP contribution >= 0.6 is 12.0 Å². The molecule has 0 unspecified atom stereocenters. The van der Waals surface area contributed by atoms with Crippen molar-refractivity contribution in [1.29, 1.82) is 0 Å². The number of methoxy groups -OCH3 is 1. The molecule has 0 amide bonds. The summed E-state index contributed by atoms with van der Waals surface area (Å²) in [5.74, 6) is -0.884. The number of hydrogen-bond acceptors (Lipinski definition) is 22. The number of aromatic nitrogens is 2. The SMILES string of the molecule is COc1ccc(/N=N/c2cc(OCCO)c(/N=N/c3c(SOOO)cc4cc(-n5nc(C)c(/N=N/c6ccc(S(=O)(=O)O)cc6)c5O)ccc4c3O)cc2OCCO)c(S(=O)(=O)O)c1. The second-order valence-corrected chi connectivity index (χ2v) is 16.2. The lowest BCUT2D eigenvalue weighted by atomic mass is 10.1. The summed E-state index contributed by atoms with van der Waals surface area (Å²) in [7, 11) is -7.90. The van der Waals surface area contributed by atoms with Crippen LogP contribution in [0.4, 0.5) is 34.1 Å². The van der Waals surface area contributed by atoms with E-state index in [1.807, 2.05) is 0 Å². The Hall–Kier alpha value is -6.66. The van der Waals surface area contributed by atoms with Crippen LogP contribution in [0.1, 0.15) is 5.69 Å². The molecule has 1 aromatic heterocycles. The highest BCUT2D eigenvalue weighted by Crippen LogP contribution is 2.47. The molecule has 0 radical (unpaired) electrons. The lowest BCUT2D eigenvalue weighted by molar-refractivity contribution is -0.432. The lowest BCUT2D eigenvalue weighted by Gasteiger charge is -2.13. The van der Waals surface area contributed by atoms with E-state index in [0.717, 1.165) is 22.9 Å². The van der Waals surface area contributed by atoms with Crippen LogP contribution in [0.3, 0.4) is 0 Å². The topological polar surface area (TPSA) is 348 Å². The maximum atomic E-state index is 12.1. The average Bonchev–Trinajstić information content (AvgIpc) is 3.56. The molecule has 64 heavy (non-hydrogen) atoms. The van der Waals surface area contributed by atoms with Gasteiger partial charge in [0.05, 0.1) is 59.2 Å². The second-order valence-electron chi connectivity index (χ2n) is 12.7. The third kappa shape index (κ3) is 10.9. The molecule has 0 aliphatic heterocycles. The van der Waals surface area contributed by atoms with Crippen LogP contribution in [0, 0.1) is 6.92 Å². The smallest absolute Gasteiger partial charge is 0.296 e. The first-order valence-corrected chi connectivity index (χ1v) is 21.6. The van der Waals surface area contributed by atoms with E-state index in [2.05, 4.69) is 45.2 Å². The number of aliphatic hydroxyl groups excluding tert-OH is 2. The maximum Gasteiger partial charge on any atom is 0.296 e. The van der Waals surface area contributed by atoms with Crippen molar-refractivity contribution >= 4 is 77.2 Å². The fourth-order valence-corrected chi connectivity index (χ4v) is 7.25. The highest BCUT2D eigenvalue weighted by Gasteiger charge is 2.22. The van der Waals surface area contributed by atoms with Gasteiger partial charge >= 0.3 is 0 Å². The van der Waals surface area contributed by atoms with Gasteiger partial charge in [-0.05, 0) is 73.0 Å². The largest absolute Gasteiger partial charge is 0.505 e. The van der Waals surface area contributed by atoms with Gasteiger partial charge in [0.25, 0.3) is 20.2 Å². The van der Waals surface area contributed by atoms with Gasteiger partial charge in [-0.2, -0.15) is 31.7 Å². The van der Waals surface area contributed by atoms with Gasteiger partial charge in [0.2, 0.25) is 5.88 Å². The number of aliphatic hydroxyl groups is 2. The summed E-state index contributed by atoms with van der Waals surface area (Å²) < 4.78 is 88.1. The number of fused-ring (bicyclic) bond motifs is 1. The number of benzene rings is 5. The Bertz CT molecular complexity index is 3000. The lowest BCUT2D eigenvalue weighted by Crippen LogP contribution is -2.04. The number of nitrogens with zero attached hydrogens (tertiary/aromatic N) is 8. The van der Waals surface area contributed by atoms with Crippen molar-refractivity contribution in [3.63, 3.8) is 0 Å². The molecular weight excluding hydrogens is 909 g/mol. The Kier molecular flexibility index (Phi) is 14.8. The molecule has 0 atom stereocenters. The summed E-state index contributed by atoms with van der Waals surface area (Å²) in [4.78, 5) is -0.920. The molecule has 0 saturated heterocycles. The number of ether oxygens (including phenoxy) is 3. The molecule has 336 valence electrons. The zero-order chi connectivity index (χ0) is 46.2. The molecule has 0 aliphatic carbocycles. The van der Waals surface area contributed by atoms with Crippen LogP contribution in [0.15, 0.2) is 124 Å². The minimum absolute atomic E-state index is 0.0193. The van der Waals surface area contributed by atoms with Crippen LogP contribution in [-0.2, 0) is 29.6 Å². The summed E-state index contributed by atoms with van der Waals surface area (Å²) in [5, 5.41) is 84.0. The van der Waals surface area contributed by atoms with Crippen molar-refractivity contribution in [2.75, 3.05) is 33.5 Å². The summed E-state index contributed by atoms with van der Waals surface area (Å²) in [5.41, 5.74) is 0.107. The number of aryl methyl sites for hydroxylation is 1. The molecule has 0 saturated carbocycles. The number of aromatic hydroxyl groups is 2.